The van der Waals surface area contributed by atoms with Crippen LogP contribution < -0.4 is 20.7 Å². The van der Waals surface area contributed by atoms with Crippen LogP contribution >= 0.6 is 0 Å². The number of hydrogen-bond acceptors (Lipinski definition) is 6. The van der Waals surface area contributed by atoms with Gasteiger partial charge in [-0.15, -0.1) is 0 Å². The summed E-state index contributed by atoms with van der Waals surface area (Å²) in [6.45, 7) is 1.56. The van der Waals surface area contributed by atoms with E-state index in [9.17, 15) is 9.18 Å². The number of rotatable bonds is 10. The topological polar surface area (TPSA) is 88.2 Å². The predicted octanol–water partition coefficient (Wildman–Crippen LogP) is 4.55. The molecule has 0 bridgehead atoms. The largest absolute Gasteiger partial charge is 0.488 e. The average molecular weight is 472 g/mol. The molecule has 35 heavy (non-hydrogen) atoms. The Morgan fingerprint density at radius 3 is 2.54 bits per heavy atom. The van der Waals surface area contributed by atoms with Crippen LogP contribution in [0.25, 0.3) is 11.3 Å². The van der Waals surface area contributed by atoms with Gasteiger partial charge in [-0.3, -0.25) is 4.79 Å². The molecule has 1 aromatic heterocycles. The predicted molar refractivity (Wildman–Crippen MR) is 134 cm³/mol. The first-order valence-electron chi connectivity index (χ1n) is 11.2. The number of aromatic nitrogens is 2. The SMILES string of the molecule is CNCCNC(=O)c1ccc(Nc2nccc(-c3ccc(F)cc3OCc3ccccc3)n2)cc1. The van der Waals surface area contributed by atoms with Crippen molar-refractivity contribution in [2.75, 3.05) is 25.5 Å². The number of benzene rings is 3. The Labute approximate surface area is 203 Å². The van der Waals surface area contributed by atoms with E-state index in [1.807, 2.05) is 37.4 Å². The molecule has 0 fully saturated rings. The highest BCUT2D eigenvalue weighted by atomic mass is 19.1. The van der Waals surface area contributed by atoms with Crippen LogP contribution in [-0.2, 0) is 6.61 Å². The van der Waals surface area contributed by atoms with Crippen molar-refractivity contribution in [2.45, 2.75) is 6.61 Å². The van der Waals surface area contributed by atoms with Crippen LogP contribution in [0.2, 0.25) is 0 Å². The molecule has 7 nitrogen and oxygen atoms in total. The van der Waals surface area contributed by atoms with Gasteiger partial charge in [0.05, 0.1) is 5.69 Å². The normalized spacial score (nSPS) is 10.6. The number of anilines is 2. The number of carbonyl (C=O) groups is 1. The van der Waals surface area contributed by atoms with Gasteiger partial charge in [-0.2, -0.15) is 0 Å². The van der Waals surface area contributed by atoms with Crippen molar-refractivity contribution in [3.8, 4) is 17.0 Å². The molecule has 4 rings (SSSR count). The number of likely N-dealkylation sites (N-methyl/N-ethyl adjacent to an activating group) is 1. The molecule has 0 atom stereocenters. The molecule has 0 saturated carbocycles. The zero-order chi connectivity index (χ0) is 24.5. The van der Waals surface area contributed by atoms with Crippen LogP contribution in [0, 0.1) is 5.82 Å². The Bertz CT molecular complexity index is 1270. The van der Waals surface area contributed by atoms with Crippen LogP contribution in [0.1, 0.15) is 15.9 Å². The molecule has 0 spiro atoms. The summed E-state index contributed by atoms with van der Waals surface area (Å²) in [5.74, 6) is 0.239. The fourth-order valence-electron chi connectivity index (χ4n) is 3.37. The summed E-state index contributed by atoms with van der Waals surface area (Å²) in [5.41, 5.74) is 3.51. The van der Waals surface area contributed by atoms with Crippen molar-refractivity contribution in [3.63, 3.8) is 0 Å². The molecule has 1 heterocycles. The van der Waals surface area contributed by atoms with E-state index in [0.29, 0.717) is 48.2 Å². The lowest BCUT2D eigenvalue weighted by Crippen LogP contribution is -2.30. The van der Waals surface area contributed by atoms with Gasteiger partial charge < -0.3 is 20.7 Å². The first-order chi connectivity index (χ1) is 17.1. The van der Waals surface area contributed by atoms with Crippen molar-refractivity contribution in [1.82, 2.24) is 20.6 Å². The van der Waals surface area contributed by atoms with Gasteiger partial charge in [-0.1, -0.05) is 30.3 Å². The van der Waals surface area contributed by atoms with E-state index >= 15 is 0 Å². The molecule has 0 unspecified atom stereocenters. The lowest BCUT2D eigenvalue weighted by Gasteiger charge is -2.13. The number of amides is 1. The van der Waals surface area contributed by atoms with E-state index in [-0.39, 0.29) is 11.7 Å². The molecule has 178 valence electrons. The summed E-state index contributed by atoms with van der Waals surface area (Å²) in [6.07, 6.45) is 1.62. The Kier molecular flexibility index (Phi) is 7.98. The second kappa shape index (κ2) is 11.7. The maximum Gasteiger partial charge on any atom is 0.251 e. The maximum absolute atomic E-state index is 14.0. The second-order valence-electron chi connectivity index (χ2n) is 7.74. The number of carbonyl (C=O) groups excluding carboxylic acids is 1. The van der Waals surface area contributed by atoms with Crippen molar-refractivity contribution in [3.05, 3.63) is 102 Å². The van der Waals surface area contributed by atoms with E-state index in [1.165, 1.54) is 12.1 Å². The quantitative estimate of drug-likeness (QED) is 0.294. The third-order valence-corrected chi connectivity index (χ3v) is 5.18. The lowest BCUT2D eigenvalue weighted by atomic mass is 10.1. The van der Waals surface area contributed by atoms with Crippen molar-refractivity contribution >= 4 is 17.5 Å². The Morgan fingerprint density at radius 1 is 0.971 bits per heavy atom. The fraction of sp³-hybridized carbons (Fsp3) is 0.148. The fourth-order valence-corrected chi connectivity index (χ4v) is 3.37. The van der Waals surface area contributed by atoms with Crippen LogP contribution in [0.15, 0.2) is 85.1 Å². The standard InChI is InChI=1S/C27H26FN5O2/c1-29-15-16-30-26(34)20-7-10-22(11-8-20)32-27-31-14-13-24(33-27)23-12-9-21(28)17-25(23)35-18-19-5-3-2-4-6-19/h2-14,17,29H,15-16,18H2,1H3,(H,30,34)(H,31,32,33). The molecule has 1 amide bonds. The number of ether oxygens (including phenoxy) is 1. The number of hydrogen-bond donors (Lipinski definition) is 3. The van der Waals surface area contributed by atoms with Gasteiger partial charge in [0.1, 0.15) is 18.2 Å². The number of halogens is 1. The molecule has 0 saturated heterocycles. The van der Waals surface area contributed by atoms with E-state index in [1.54, 1.807) is 42.6 Å². The minimum atomic E-state index is -0.390. The van der Waals surface area contributed by atoms with Gasteiger partial charge in [0.25, 0.3) is 5.91 Å². The molecular weight excluding hydrogens is 445 g/mol. The van der Waals surface area contributed by atoms with E-state index in [0.717, 1.165) is 11.3 Å². The molecule has 3 N–H and O–H groups in total. The van der Waals surface area contributed by atoms with Gasteiger partial charge in [-0.25, -0.2) is 14.4 Å². The van der Waals surface area contributed by atoms with Crippen molar-refractivity contribution < 1.29 is 13.9 Å². The van der Waals surface area contributed by atoms with Crippen molar-refractivity contribution in [1.29, 1.82) is 0 Å². The van der Waals surface area contributed by atoms with Gasteiger partial charge in [0.15, 0.2) is 0 Å². The average Bonchev–Trinajstić information content (AvgIpc) is 2.89. The molecule has 8 heteroatoms. The lowest BCUT2D eigenvalue weighted by molar-refractivity contribution is 0.0954. The van der Waals surface area contributed by atoms with E-state index in [4.69, 9.17) is 4.74 Å². The molecule has 3 aromatic carbocycles. The van der Waals surface area contributed by atoms with Gasteiger partial charge in [-0.05, 0) is 55.1 Å². The zero-order valence-corrected chi connectivity index (χ0v) is 19.3. The smallest absolute Gasteiger partial charge is 0.251 e. The van der Waals surface area contributed by atoms with Gasteiger partial charge in [0, 0.05) is 42.2 Å². The summed E-state index contributed by atoms with van der Waals surface area (Å²) in [6, 6.07) is 22.8. The van der Waals surface area contributed by atoms with Crippen LogP contribution in [0.4, 0.5) is 16.0 Å². The summed E-state index contributed by atoms with van der Waals surface area (Å²) >= 11 is 0. The monoisotopic (exact) mass is 471 g/mol. The molecule has 0 aliphatic heterocycles. The summed E-state index contributed by atoms with van der Waals surface area (Å²) in [5, 5.41) is 8.96. The Balaban J connectivity index is 1.48. The highest BCUT2D eigenvalue weighted by molar-refractivity contribution is 5.94. The number of nitrogens with zero attached hydrogens (tertiary/aromatic N) is 2. The maximum atomic E-state index is 14.0. The van der Waals surface area contributed by atoms with Gasteiger partial charge >= 0.3 is 0 Å². The second-order valence-corrected chi connectivity index (χ2v) is 7.74. The number of nitrogens with one attached hydrogen (secondary N) is 3. The first kappa shape index (κ1) is 23.8. The van der Waals surface area contributed by atoms with Crippen LogP contribution in [0.5, 0.6) is 5.75 Å². The minimum absolute atomic E-state index is 0.135. The molecule has 0 aliphatic carbocycles. The van der Waals surface area contributed by atoms with Crippen molar-refractivity contribution in [2.24, 2.45) is 0 Å². The molecule has 0 radical (unpaired) electrons. The Morgan fingerprint density at radius 2 is 1.77 bits per heavy atom. The Hall–Kier alpha value is -4.30. The summed E-state index contributed by atoms with van der Waals surface area (Å²) in [4.78, 5) is 21.0. The third kappa shape index (κ3) is 6.61. The summed E-state index contributed by atoms with van der Waals surface area (Å²) in [7, 11) is 1.83. The molecular formula is C27H26FN5O2. The highest BCUT2D eigenvalue weighted by Gasteiger charge is 2.12. The minimum Gasteiger partial charge on any atom is -0.488 e. The molecule has 0 aliphatic rings. The van der Waals surface area contributed by atoms with Crippen LogP contribution in [-0.4, -0.2) is 36.0 Å². The van der Waals surface area contributed by atoms with E-state index < -0.39 is 0 Å². The highest BCUT2D eigenvalue weighted by Crippen LogP contribution is 2.31. The van der Waals surface area contributed by atoms with E-state index in [2.05, 4.69) is 25.9 Å². The summed E-state index contributed by atoms with van der Waals surface area (Å²) < 4.78 is 19.9. The zero-order valence-electron chi connectivity index (χ0n) is 19.3. The van der Waals surface area contributed by atoms with Crippen LogP contribution in [0.3, 0.4) is 0 Å². The molecule has 4 aromatic rings. The van der Waals surface area contributed by atoms with Gasteiger partial charge in [0.2, 0.25) is 5.95 Å². The third-order valence-electron chi connectivity index (χ3n) is 5.18. The first-order valence-corrected chi connectivity index (χ1v) is 11.2.